The minimum absolute atomic E-state index is 0.176. The summed E-state index contributed by atoms with van der Waals surface area (Å²) in [5, 5.41) is 3.60. The van der Waals surface area contributed by atoms with Gasteiger partial charge in [0, 0.05) is 31.4 Å². The molecule has 2 fully saturated rings. The molecule has 2 aliphatic rings. The number of hydrogen-bond donors (Lipinski definition) is 1. The van der Waals surface area contributed by atoms with Crippen LogP contribution < -0.4 is 10.2 Å². The van der Waals surface area contributed by atoms with Crippen molar-refractivity contribution < 1.29 is 4.39 Å². The zero-order chi connectivity index (χ0) is 12.7. The fraction of sp³-hybridized carbons (Fsp3) is 0.571. The van der Waals surface area contributed by atoms with E-state index in [9.17, 15) is 4.39 Å². The van der Waals surface area contributed by atoms with Crippen LogP contribution >= 0.6 is 15.9 Å². The number of anilines is 1. The van der Waals surface area contributed by atoms with Gasteiger partial charge in [-0.2, -0.15) is 0 Å². The first-order chi connectivity index (χ1) is 8.65. The number of piperazine rings is 1. The maximum absolute atomic E-state index is 13.5. The molecule has 18 heavy (non-hydrogen) atoms. The quantitative estimate of drug-likeness (QED) is 0.903. The molecule has 3 rings (SSSR count). The third-order valence-corrected chi connectivity index (χ3v) is 4.58. The van der Waals surface area contributed by atoms with Crippen LogP contribution in [0.1, 0.15) is 18.4 Å². The summed E-state index contributed by atoms with van der Waals surface area (Å²) in [4.78, 5) is 2.39. The van der Waals surface area contributed by atoms with Gasteiger partial charge in [0.25, 0.3) is 0 Å². The summed E-state index contributed by atoms with van der Waals surface area (Å²) in [6.45, 7) is 5.06. The average molecular weight is 313 g/mol. The molecule has 1 aliphatic heterocycles. The number of rotatable bonds is 2. The SMILES string of the molecule is Cc1cc(F)c(Br)cc1N1CCNC(C2CC2)C1. The lowest BCUT2D eigenvalue weighted by Gasteiger charge is -2.36. The molecular weight excluding hydrogens is 295 g/mol. The van der Waals surface area contributed by atoms with Crippen molar-refractivity contribution in [3.63, 3.8) is 0 Å². The van der Waals surface area contributed by atoms with Crippen LogP contribution in [0, 0.1) is 18.7 Å². The molecule has 2 nitrogen and oxygen atoms in total. The fourth-order valence-electron chi connectivity index (χ4n) is 2.79. The minimum Gasteiger partial charge on any atom is -0.368 e. The van der Waals surface area contributed by atoms with Crippen LogP contribution in [0.2, 0.25) is 0 Å². The van der Waals surface area contributed by atoms with Crippen LogP contribution in [-0.2, 0) is 0 Å². The molecule has 0 aromatic heterocycles. The van der Waals surface area contributed by atoms with Crippen LogP contribution in [0.25, 0.3) is 0 Å². The lowest BCUT2D eigenvalue weighted by Crippen LogP contribution is -2.52. The van der Waals surface area contributed by atoms with Crippen LogP contribution in [-0.4, -0.2) is 25.7 Å². The molecule has 1 aliphatic carbocycles. The Bertz CT molecular complexity index is 459. The van der Waals surface area contributed by atoms with Crippen molar-refractivity contribution in [2.75, 3.05) is 24.5 Å². The molecule has 1 N–H and O–H groups in total. The second-order valence-electron chi connectivity index (χ2n) is 5.40. The number of nitrogens with zero attached hydrogens (tertiary/aromatic N) is 1. The average Bonchev–Trinajstić information content (AvgIpc) is 3.18. The van der Waals surface area contributed by atoms with Crippen molar-refractivity contribution in [1.82, 2.24) is 5.32 Å². The van der Waals surface area contributed by atoms with E-state index >= 15 is 0 Å². The first-order valence-electron chi connectivity index (χ1n) is 6.59. The van der Waals surface area contributed by atoms with Crippen molar-refractivity contribution >= 4 is 21.6 Å². The Balaban J connectivity index is 1.82. The Morgan fingerprint density at radius 1 is 1.39 bits per heavy atom. The summed E-state index contributed by atoms with van der Waals surface area (Å²) in [5.74, 6) is 0.683. The summed E-state index contributed by atoms with van der Waals surface area (Å²) < 4.78 is 14.0. The molecule has 0 bridgehead atoms. The van der Waals surface area contributed by atoms with Crippen LogP contribution in [0.3, 0.4) is 0 Å². The molecule has 1 heterocycles. The van der Waals surface area contributed by atoms with E-state index in [0.717, 1.165) is 36.8 Å². The van der Waals surface area contributed by atoms with E-state index in [1.54, 1.807) is 6.07 Å². The zero-order valence-corrected chi connectivity index (χ0v) is 12.1. The van der Waals surface area contributed by atoms with E-state index < -0.39 is 0 Å². The highest BCUT2D eigenvalue weighted by Crippen LogP contribution is 2.35. The molecule has 4 heteroatoms. The van der Waals surface area contributed by atoms with E-state index in [0.29, 0.717) is 10.5 Å². The second kappa shape index (κ2) is 4.82. The number of benzene rings is 1. The Morgan fingerprint density at radius 3 is 2.89 bits per heavy atom. The number of nitrogens with one attached hydrogen (secondary N) is 1. The van der Waals surface area contributed by atoms with Gasteiger partial charge in [0.05, 0.1) is 4.47 Å². The maximum Gasteiger partial charge on any atom is 0.137 e. The van der Waals surface area contributed by atoms with Crippen molar-refractivity contribution in [1.29, 1.82) is 0 Å². The van der Waals surface area contributed by atoms with Gasteiger partial charge in [-0.15, -0.1) is 0 Å². The highest BCUT2D eigenvalue weighted by Gasteiger charge is 2.34. The molecule has 1 unspecified atom stereocenters. The molecule has 1 saturated carbocycles. The number of halogens is 2. The number of aryl methyl sites for hydroxylation is 1. The Hall–Kier alpha value is -0.610. The third kappa shape index (κ3) is 2.41. The van der Waals surface area contributed by atoms with Gasteiger partial charge in [-0.25, -0.2) is 4.39 Å². The molecule has 1 aromatic rings. The summed E-state index contributed by atoms with van der Waals surface area (Å²) in [6.07, 6.45) is 2.72. The fourth-order valence-corrected chi connectivity index (χ4v) is 3.12. The van der Waals surface area contributed by atoms with Gasteiger partial charge < -0.3 is 10.2 Å². The highest BCUT2D eigenvalue weighted by atomic mass is 79.9. The summed E-state index contributed by atoms with van der Waals surface area (Å²) in [6, 6.07) is 4.15. The van der Waals surface area contributed by atoms with Crippen molar-refractivity contribution in [2.45, 2.75) is 25.8 Å². The van der Waals surface area contributed by atoms with Crippen LogP contribution in [0.4, 0.5) is 10.1 Å². The van der Waals surface area contributed by atoms with E-state index in [2.05, 4.69) is 26.1 Å². The van der Waals surface area contributed by atoms with E-state index in [-0.39, 0.29) is 5.82 Å². The predicted molar refractivity (Wildman–Crippen MR) is 75.6 cm³/mol. The molecule has 1 aromatic carbocycles. The third-order valence-electron chi connectivity index (χ3n) is 3.98. The van der Waals surface area contributed by atoms with Gasteiger partial charge in [0.1, 0.15) is 5.82 Å². The molecular formula is C14H18BrFN2. The Kier molecular flexibility index (Phi) is 3.32. The summed E-state index contributed by atoms with van der Waals surface area (Å²) >= 11 is 3.29. The standard InChI is InChI=1S/C14H18BrFN2/c1-9-6-12(16)11(15)7-14(9)18-5-4-17-13(8-18)10-2-3-10/h6-7,10,13,17H,2-5,8H2,1H3. The maximum atomic E-state index is 13.5. The lowest BCUT2D eigenvalue weighted by molar-refractivity contribution is 0.418. The topological polar surface area (TPSA) is 15.3 Å². The summed E-state index contributed by atoms with van der Waals surface area (Å²) in [5.41, 5.74) is 2.18. The first-order valence-corrected chi connectivity index (χ1v) is 7.38. The van der Waals surface area contributed by atoms with E-state index in [1.165, 1.54) is 12.8 Å². The molecule has 0 radical (unpaired) electrons. The smallest absolute Gasteiger partial charge is 0.137 e. The van der Waals surface area contributed by atoms with Gasteiger partial charge >= 0.3 is 0 Å². The van der Waals surface area contributed by atoms with Crippen LogP contribution in [0.15, 0.2) is 16.6 Å². The Labute approximate surface area is 116 Å². The Morgan fingerprint density at radius 2 is 2.17 bits per heavy atom. The number of hydrogen-bond acceptors (Lipinski definition) is 2. The molecule has 0 amide bonds. The molecule has 1 atom stereocenters. The minimum atomic E-state index is -0.176. The van der Waals surface area contributed by atoms with E-state index in [1.807, 2.05) is 13.0 Å². The normalized spacial score (nSPS) is 24.4. The predicted octanol–water partition coefficient (Wildman–Crippen LogP) is 3.08. The van der Waals surface area contributed by atoms with Crippen molar-refractivity contribution in [3.8, 4) is 0 Å². The zero-order valence-electron chi connectivity index (χ0n) is 10.5. The van der Waals surface area contributed by atoms with E-state index in [4.69, 9.17) is 0 Å². The van der Waals surface area contributed by atoms with Gasteiger partial charge in [-0.05, 0) is 59.3 Å². The largest absolute Gasteiger partial charge is 0.368 e. The van der Waals surface area contributed by atoms with Gasteiger partial charge in [-0.1, -0.05) is 0 Å². The van der Waals surface area contributed by atoms with Crippen molar-refractivity contribution in [2.24, 2.45) is 5.92 Å². The van der Waals surface area contributed by atoms with Crippen LogP contribution in [0.5, 0.6) is 0 Å². The van der Waals surface area contributed by atoms with Gasteiger partial charge in [0.15, 0.2) is 0 Å². The lowest BCUT2D eigenvalue weighted by atomic mass is 10.1. The van der Waals surface area contributed by atoms with Gasteiger partial charge in [0.2, 0.25) is 0 Å². The second-order valence-corrected chi connectivity index (χ2v) is 6.25. The first kappa shape index (κ1) is 12.4. The summed E-state index contributed by atoms with van der Waals surface area (Å²) in [7, 11) is 0. The molecule has 0 spiro atoms. The van der Waals surface area contributed by atoms with Gasteiger partial charge in [-0.3, -0.25) is 0 Å². The monoisotopic (exact) mass is 312 g/mol. The molecule has 98 valence electrons. The highest BCUT2D eigenvalue weighted by molar-refractivity contribution is 9.10. The molecule has 1 saturated heterocycles. The van der Waals surface area contributed by atoms with Crippen molar-refractivity contribution in [3.05, 3.63) is 28.0 Å².